The first-order valence-corrected chi connectivity index (χ1v) is 5.86. The van der Waals surface area contributed by atoms with Gasteiger partial charge in [0.2, 0.25) is 5.91 Å². The number of anilines is 1. The number of aromatic nitrogens is 1. The van der Waals surface area contributed by atoms with Gasteiger partial charge in [-0.05, 0) is 15.9 Å². The lowest BCUT2D eigenvalue weighted by Gasteiger charge is -2.17. The molecule has 1 aliphatic heterocycles. The maximum absolute atomic E-state index is 11.7. The minimum absolute atomic E-state index is 0.00949. The van der Waals surface area contributed by atoms with Crippen molar-refractivity contribution in [3.8, 4) is 12.3 Å². The van der Waals surface area contributed by atoms with E-state index < -0.39 is 0 Å². The van der Waals surface area contributed by atoms with Gasteiger partial charge >= 0.3 is 0 Å². The highest BCUT2D eigenvalue weighted by molar-refractivity contribution is 9.10. The maximum atomic E-state index is 11.7. The Kier molecular flexibility index (Phi) is 3.17. The topological polar surface area (TPSA) is 33.2 Å². The van der Waals surface area contributed by atoms with E-state index in [1.54, 1.807) is 17.3 Å². The van der Waals surface area contributed by atoms with Gasteiger partial charge in [-0.3, -0.25) is 9.78 Å². The molecule has 1 amide bonds. The van der Waals surface area contributed by atoms with E-state index in [1.165, 1.54) is 0 Å². The normalized spacial score (nSPS) is 19.9. The van der Waals surface area contributed by atoms with Crippen LogP contribution in [0.15, 0.2) is 16.9 Å². The summed E-state index contributed by atoms with van der Waals surface area (Å²) < 4.78 is 0.670. The van der Waals surface area contributed by atoms with Gasteiger partial charge in [0, 0.05) is 25.1 Å². The van der Waals surface area contributed by atoms with E-state index in [0.29, 0.717) is 28.1 Å². The number of amides is 1. The highest BCUT2D eigenvalue weighted by Gasteiger charge is 2.31. The maximum Gasteiger partial charge on any atom is 0.228 e. The first-order valence-electron chi connectivity index (χ1n) is 4.69. The summed E-state index contributed by atoms with van der Waals surface area (Å²) in [5.41, 5.74) is 0.610. The molecule has 0 spiro atoms. The van der Waals surface area contributed by atoms with Crippen LogP contribution in [0.1, 0.15) is 6.42 Å². The molecule has 1 unspecified atom stereocenters. The molecule has 0 radical (unpaired) electrons. The van der Waals surface area contributed by atoms with Crippen molar-refractivity contribution >= 4 is 39.1 Å². The van der Waals surface area contributed by atoms with Crippen molar-refractivity contribution in [2.45, 2.75) is 6.42 Å². The monoisotopic (exact) mass is 298 g/mol. The van der Waals surface area contributed by atoms with Crippen molar-refractivity contribution < 1.29 is 4.79 Å². The molecular weight excluding hydrogens is 291 g/mol. The van der Waals surface area contributed by atoms with Crippen molar-refractivity contribution in [2.75, 3.05) is 11.4 Å². The number of hydrogen-bond acceptors (Lipinski definition) is 2. The predicted molar refractivity (Wildman–Crippen MR) is 66.2 cm³/mol. The second-order valence-corrected chi connectivity index (χ2v) is 4.76. The van der Waals surface area contributed by atoms with Crippen molar-refractivity contribution in [1.82, 2.24) is 4.98 Å². The van der Waals surface area contributed by atoms with Crippen LogP contribution in [0.4, 0.5) is 5.69 Å². The molecule has 3 nitrogen and oxygen atoms in total. The number of rotatable bonds is 1. The van der Waals surface area contributed by atoms with E-state index in [0.717, 1.165) is 0 Å². The van der Waals surface area contributed by atoms with Crippen LogP contribution in [0.5, 0.6) is 0 Å². The number of pyridine rings is 1. The third kappa shape index (κ3) is 1.93. The van der Waals surface area contributed by atoms with Gasteiger partial charge in [0.25, 0.3) is 0 Å². The number of terminal acetylenes is 1. The highest BCUT2D eigenvalue weighted by atomic mass is 79.9. The van der Waals surface area contributed by atoms with Gasteiger partial charge < -0.3 is 4.90 Å². The molecule has 1 fully saturated rings. The number of carbonyl (C=O) groups excluding carboxylic acids is 1. The Morgan fingerprint density at radius 1 is 1.62 bits per heavy atom. The van der Waals surface area contributed by atoms with Gasteiger partial charge in [0.15, 0.2) is 0 Å². The molecule has 1 aliphatic rings. The zero-order chi connectivity index (χ0) is 11.7. The summed E-state index contributed by atoms with van der Waals surface area (Å²) >= 11 is 9.37. The minimum Gasteiger partial charge on any atom is -0.308 e. The molecule has 1 atom stereocenters. The summed E-state index contributed by atoms with van der Waals surface area (Å²) in [6.07, 6.45) is 8.85. The number of halogens is 2. The van der Waals surface area contributed by atoms with Crippen LogP contribution in [-0.4, -0.2) is 17.4 Å². The molecule has 1 aromatic rings. The minimum atomic E-state index is -0.0393. The molecule has 16 heavy (non-hydrogen) atoms. The Morgan fingerprint density at radius 2 is 2.38 bits per heavy atom. The fourth-order valence-corrected chi connectivity index (χ4v) is 2.17. The number of nitrogens with zero attached hydrogens (tertiary/aromatic N) is 2. The molecule has 2 heterocycles. The van der Waals surface area contributed by atoms with Gasteiger partial charge in [0.05, 0.1) is 21.4 Å². The molecule has 0 aliphatic carbocycles. The lowest BCUT2D eigenvalue weighted by molar-refractivity contribution is -0.117. The van der Waals surface area contributed by atoms with Crippen LogP contribution in [0.2, 0.25) is 5.02 Å². The number of hydrogen-bond donors (Lipinski definition) is 0. The Hall–Kier alpha value is -1.05. The van der Waals surface area contributed by atoms with Crippen LogP contribution in [0.3, 0.4) is 0 Å². The average Bonchev–Trinajstić information content (AvgIpc) is 2.64. The summed E-state index contributed by atoms with van der Waals surface area (Å²) in [4.78, 5) is 17.3. The Bertz CT molecular complexity index is 483. The lowest BCUT2D eigenvalue weighted by Crippen LogP contribution is -2.24. The van der Waals surface area contributed by atoms with Crippen molar-refractivity contribution in [2.24, 2.45) is 5.92 Å². The third-order valence-electron chi connectivity index (χ3n) is 2.47. The van der Waals surface area contributed by atoms with Gasteiger partial charge in [0.1, 0.15) is 0 Å². The standard InChI is InChI=1S/C11H8BrClN2O/c1-2-7-3-10(16)15(6-7)9-5-14-4-8(12)11(9)13/h1,4-5,7H,3,6H2. The molecule has 0 saturated carbocycles. The third-order valence-corrected chi connectivity index (χ3v) is 3.70. The van der Waals surface area contributed by atoms with Crippen molar-refractivity contribution in [3.05, 3.63) is 21.9 Å². The SMILES string of the molecule is C#CC1CC(=O)N(c2cncc(Br)c2Cl)C1. The first-order chi connectivity index (χ1) is 7.63. The molecular formula is C11H8BrClN2O. The zero-order valence-electron chi connectivity index (χ0n) is 8.28. The highest BCUT2D eigenvalue weighted by Crippen LogP contribution is 2.34. The molecule has 1 aromatic heterocycles. The quantitative estimate of drug-likeness (QED) is 0.747. The van der Waals surface area contributed by atoms with Crippen LogP contribution in [-0.2, 0) is 4.79 Å². The van der Waals surface area contributed by atoms with Gasteiger partial charge in [-0.15, -0.1) is 12.3 Å². The Balaban J connectivity index is 2.36. The fourth-order valence-electron chi connectivity index (χ4n) is 1.65. The van der Waals surface area contributed by atoms with Gasteiger partial charge in [-0.2, -0.15) is 0 Å². The van der Waals surface area contributed by atoms with E-state index >= 15 is 0 Å². The van der Waals surface area contributed by atoms with Gasteiger partial charge in [-0.25, -0.2) is 0 Å². The van der Waals surface area contributed by atoms with E-state index in [4.69, 9.17) is 18.0 Å². The van der Waals surface area contributed by atoms with Crippen LogP contribution in [0.25, 0.3) is 0 Å². The van der Waals surface area contributed by atoms with Crippen molar-refractivity contribution in [3.63, 3.8) is 0 Å². The van der Waals surface area contributed by atoms with Crippen LogP contribution < -0.4 is 4.90 Å². The zero-order valence-corrected chi connectivity index (χ0v) is 10.6. The molecule has 2 rings (SSSR count). The summed E-state index contributed by atoms with van der Waals surface area (Å²) in [7, 11) is 0. The van der Waals surface area contributed by atoms with E-state index in [-0.39, 0.29) is 11.8 Å². The average molecular weight is 300 g/mol. The second-order valence-electron chi connectivity index (χ2n) is 3.53. The summed E-state index contributed by atoms with van der Waals surface area (Å²) in [5, 5.41) is 0.487. The van der Waals surface area contributed by atoms with E-state index in [9.17, 15) is 4.79 Å². The smallest absolute Gasteiger partial charge is 0.228 e. The summed E-state index contributed by atoms with van der Waals surface area (Å²) in [6, 6.07) is 0. The largest absolute Gasteiger partial charge is 0.308 e. The molecule has 1 saturated heterocycles. The second kappa shape index (κ2) is 4.44. The van der Waals surface area contributed by atoms with Crippen LogP contribution in [0, 0.1) is 18.3 Å². The van der Waals surface area contributed by atoms with Crippen LogP contribution >= 0.6 is 27.5 Å². The van der Waals surface area contributed by atoms with E-state index in [2.05, 4.69) is 26.8 Å². The molecule has 0 aromatic carbocycles. The molecule has 5 heteroatoms. The predicted octanol–water partition coefficient (Wildman–Crippen LogP) is 2.48. The lowest BCUT2D eigenvalue weighted by atomic mass is 10.1. The number of carbonyl (C=O) groups is 1. The summed E-state index contributed by atoms with van der Waals surface area (Å²) in [6.45, 7) is 0.507. The van der Waals surface area contributed by atoms with Crippen molar-refractivity contribution in [1.29, 1.82) is 0 Å². The van der Waals surface area contributed by atoms with Gasteiger partial charge in [-0.1, -0.05) is 11.6 Å². The molecule has 0 bridgehead atoms. The first kappa shape index (κ1) is 11.4. The Morgan fingerprint density at radius 3 is 3.00 bits per heavy atom. The summed E-state index contributed by atoms with van der Waals surface area (Å²) in [5.74, 6) is 2.54. The van der Waals surface area contributed by atoms with E-state index in [1.807, 2.05) is 0 Å². The molecule has 0 N–H and O–H groups in total. The Labute approximate surface area is 107 Å². The fraction of sp³-hybridized carbons (Fsp3) is 0.273. The molecule has 82 valence electrons.